The molecule has 0 spiro atoms. The van der Waals surface area contributed by atoms with Gasteiger partial charge in [-0.05, 0) is 37.3 Å². The van der Waals surface area contributed by atoms with Crippen LogP contribution >= 0.6 is 35.0 Å². The van der Waals surface area contributed by atoms with E-state index in [2.05, 4.69) is 5.32 Å². The van der Waals surface area contributed by atoms with Crippen molar-refractivity contribution in [3.8, 4) is 11.5 Å². The van der Waals surface area contributed by atoms with Gasteiger partial charge >= 0.3 is 0 Å². The molecule has 1 N–H and O–H groups in total. The first-order valence-corrected chi connectivity index (χ1v) is 8.72. The molecule has 128 valence electrons. The van der Waals surface area contributed by atoms with Gasteiger partial charge in [-0.15, -0.1) is 11.8 Å². The van der Waals surface area contributed by atoms with Crippen molar-refractivity contribution in [2.75, 3.05) is 19.5 Å². The predicted octanol–water partition coefficient (Wildman–Crippen LogP) is 5.13. The van der Waals surface area contributed by atoms with E-state index >= 15 is 0 Å². The number of halogens is 2. The molecule has 0 aliphatic heterocycles. The molecule has 0 fully saturated rings. The monoisotopic (exact) mass is 385 g/mol. The molecule has 7 heteroatoms. The third-order valence-corrected chi connectivity index (χ3v) is 5.07. The second kappa shape index (κ2) is 8.51. The normalized spacial score (nSPS) is 11.7. The van der Waals surface area contributed by atoms with Gasteiger partial charge in [0.05, 0.1) is 30.2 Å². The van der Waals surface area contributed by atoms with Gasteiger partial charge in [-0.3, -0.25) is 4.79 Å². The van der Waals surface area contributed by atoms with E-state index in [-0.39, 0.29) is 11.2 Å². The Hall–Kier alpha value is -1.56. The van der Waals surface area contributed by atoms with E-state index in [9.17, 15) is 4.79 Å². The van der Waals surface area contributed by atoms with Crippen LogP contribution in [0.2, 0.25) is 10.0 Å². The molecule has 0 radical (unpaired) electrons. The Morgan fingerprint density at radius 3 is 2.54 bits per heavy atom. The molecule has 1 unspecified atom stereocenters. The molecule has 0 aliphatic carbocycles. The quantitative estimate of drug-likeness (QED) is 0.700. The maximum Gasteiger partial charge on any atom is 0.237 e. The Labute approximate surface area is 155 Å². The number of nitrogens with one attached hydrogen (secondary N) is 1. The first-order chi connectivity index (χ1) is 11.4. The molecule has 24 heavy (non-hydrogen) atoms. The highest BCUT2D eigenvalue weighted by atomic mass is 35.5. The van der Waals surface area contributed by atoms with Gasteiger partial charge in [-0.2, -0.15) is 0 Å². The van der Waals surface area contributed by atoms with Crippen LogP contribution < -0.4 is 14.8 Å². The molecule has 2 aromatic rings. The van der Waals surface area contributed by atoms with Gasteiger partial charge in [0, 0.05) is 16.0 Å². The molecule has 2 aromatic carbocycles. The zero-order valence-corrected chi connectivity index (χ0v) is 15.8. The fraction of sp³-hybridized carbons (Fsp3) is 0.235. The average molecular weight is 386 g/mol. The number of benzene rings is 2. The van der Waals surface area contributed by atoms with Crippen LogP contribution in [0.15, 0.2) is 41.3 Å². The second-order valence-corrected chi connectivity index (χ2v) is 7.12. The number of carbonyl (C=O) groups is 1. The van der Waals surface area contributed by atoms with Crippen molar-refractivity contribution >= 4 is 46.6 Å². The molecular formula is C17H17Cl2NO3S. The molecule has 0 saturated heterocycles. The summed E-state index contributed by atoms with van der Waals surface area (Å²) in [5, 5.41) is 3.60. The number of hydrogen-bond acceptors (Lipinski definition) is 4. The van der Waals surface area contributed by atoms with E-state index in [1.165, 1.54) is 11.8 Å². The lowest BCUT2D eigenvalue weighted by molar-refractivity contribution is -0.115. The summed E-state index contributed by atoms with van der Waals surface area (Å²) in [5.41, 5.74) is 0.548. The van der Waals surface area contributed by atoms with Crippen LogP contribution in [0.1, 0.15) is 6.92 Å². The summed E-state index contributed by atoms with van der Waals surface area (Å²) in [4.78, 5) is 13.2. The Bertz CT molecular complexity index is 740. The minimum atomic E-state index is -0.378. The molecule has 1 amide bonds. The van der Waals surface area contributed by atoms with Crippen LogP contribution in [-0.2, 0) is 4.79 Å². The van der Waals surface area contributed by atoms with Gasteiger partial charge in [-0.25, -0.2) is 0 Å². The topological polar surface area (TPSA) is 47.6 Å². The van der Waals surface area contributed by atoms with Crippen LogP contribution in [0.25, 0.3) is 0 Å². The van der Waals surface area contributed by atoms with E-state index in [4.69, 9.17) is 32.7 Å². The summed E-state index contributed by atoms with van der Waals surface area (Å²) in [7, 11) is 3.11. The van der Waals surface area contributed by atoms with Gasteiger partial charge in [0.1, 0.15) is 11.5 Å². The van der Waals surface area contributed by atoms with E-state index in [1.54, 1.807) is 57.5 Å². The summed E-state index contributed by atoms with van der Waals surface area (Å²) in [6.07, 6.45) is 0. The maximum absolute atomic E-state index is 12.5. The molecule has 2 rings (SSSR count). The highest BCUT2D eigenvalue weighted by molar-refractivity contribution is 8.00. The number of methoxy groups -OCH3 is 2. The number of thioether (sulfide) groups is 1. The van der Waals surface area contributed by atoms with Gasteiger partial charge in [0.15, 0.2) is 0 Å². The average Bonchev–Trinajstić information content (AvgIpc) is 2.57. The summed E-state index contributed by atoms with van der Waals surface area (Å²) >= 11 is 13.5. The fourth-order valence-electron chi connectivity index (χ4n) is 1.96. The van der Waals surface area contributed by atoms with Crippen molar-refractivity contribution in [3.05, 3.63) is 46.4 Å². The van der Waals surface area contributed by atoms with Crippen LogP contribution in [0.3, 0.4) is 0 Å². The fourth-order valence-corrected chi connectivity index (χ4v) is 3.37. The zero-order chi connectivity index (χ0) is 17.7. The maximum atomic E-state index is 12.5. The smallest absolute Gasteiger partial charge is 0.237 e. The predicted molar refractivity (Wildman–Crippen MR) is 100.0 cm³/mol. The molecular weight excluding hydrogens is 369 g/mol. The number of carbonyl (C=O) groups excluding carboxylic acids is 1. The van der Waals surface area contributed by atoms with Crippen molar-refractivity contribution in [3.63, 3.8) is 0 Å². The van der Waals surface area contributed by atoms with Crippen LogP contribution in [-0.4, -0.2) is 25.4 Å². The first-order valence-electron chi connectivity index (χ1n) is 7.09. The van der Waals surface area contributed by atoms with Crippen molar-refractivity contribution < 1.29 is 14.3 Å². The van der Waals surface area contributed by atoms with E-state index < -0.39 is 0 Å². The summed E-state index contributed by atoms with van der Waals surface area (Å²) in [5.74, 6) is 1.01. The van der Waals surface area contributed by atoms with E-state index in [0.29, 0.717) is 27.2 Å². The minimum absolute atomic E-state index is 0.178. The number of hydrogen-bond donors (Lipinski definition) is 1. The largest absolute Gasteiger partial charge is 0.497 e. The SMILES string of the molecule is COc1ccc(OC)c(NC(=O)C(C)Sc2cc(Cl)ccc2Cl)c1. The number of rotatable bonds is 6. The molecule has 0 bridgehead atoms. The lowest BCUT2D eigenvalue weighted by Gasteiger charge is -2.15. The van der Waals surface area contributed by atoms with Crippen LogP contribution in [0, 0.1) is 0 Å². The zero-order valence-electron chi connectivity index (χ0n) is 13.4. The third kappa shape index (κ3) is 4.72. The lowest BCUT2D eigenvalue weighted by Crippen LogP contribution is -2.22. The Morgan fingerprint density at radius 1 is 1.12 bits per heavy atom. The van der Waals surface area contributed by atoms with Gasteiger partial charge in [0.2, 0.25) is 5.91 Å². The van der Waals surface area contributed by atoms with Gasteiger partial charge < -0.3 is 14.8 Å². The van der Waals surface area contributed by atoms with Gasteiger partial charge in [0.25, 0.3) is 0 Å². The molecule has 4 nitrogen and oxygen atoms in total. The first kappa shape index (κ1) is 18.8. The summed E-state index contributed by atoms with van der Waals surface area (Å²) in [6, 6.07) is 10.4. The number of anilines is 1. The number of ether oxygens (including phenoxy) is 2. The highest BCUT2D eigenvalue weighted by Crippen LogP contribution is 2.34. The third-order valence-electron chi connectivity index (χ3n) is 3.23. The van der Waals surface area contributed by atoms with Crippen molar-refractivity contribution in [1.29, 1.82) is 0 Å². The minimum Gasteiger partial charge on any atom is -0.497 e. The Balaban J connectivity index is 2.13. The van der Waals surface area contributed by atoms with Crippen molar-refractivity contribution in [2.24, 2.45) is 0 Å². The van der Waals surface area contributed by atoms with E-state index in [1.807, 2.05) is 0 Å². The molecule has 0 saturated carbocycles. The van der Waals surface area contributed by atoms with Crippen LogP contribution in [0.4, 0.5) is 5.69 Å². The molecule has 0 aliphatic rings. The molecule has 0 heterocycles. The Kier molecular flexibility index (Phi) is 6.66. The summed E-state index contributed by atoms with van der Waals surface area (Å²) < 4.78 is 10.4. The molecule has 0 aromatic heterocycles. The van der Waals surface area contributed by atoms with E-state index in [0.717, 1.165) is 4.90 Å². The lowest BCUT2D eigenvalue weighted by atomic mass is 10.2. The molecule has 1 atom stereocenters. The summed E-state index contributed by atoms with van der Waals surface area (Å²) in [6.45, 7) is 1.80. The standard InChI is InChI=1S/C17H17Cl2NO3S/c1-10(24-16-8-11(18)4-6-13(16)19)17(21)20-14-9-12(22-2)5-7-15(14)23-3/h4-10H,1-3H3,(H,20,21). The van der Waals surface area contributed by atoms with Gasteiger partial charge in [-0.1, -0.05) is 23.2 Å². The highest BCUT2D eigenvalue weighted by Gasteiger charge is 2.18. The van der Waals surface area contributed by atoms with Crippen molar-refractivity contribution in [2.45, 2.75) is 17.1 Å². The van der Waals surface area contributed by atoms with Crippen molar-refractivity contribution in [1.82, 2.24) is 0 Å². The second-order valence-electron chi connectivity index (χ2n) is 4.89. The Morgan fingerprint density at radius 2 is 1.88 bits per heavy atom. The van der Waals surface area contributed by atoms with Crippen LogP contribution in [0.5, 0.6) is 11.5 Å². The number of amides is 1.